The fourth-order valence-electron chi connectivity index (χ4n) is 1.85. The van der Waals surface area contributed by atoms with Crippen molar-refractivity contribution in [1.29, 1.82) is 0 Å². The molecule has 2 aromatic carbocycles. The number of hydrazine groups is 1. The van der Waals surface area contributed by atoms with Gasteiger partial charge in [-0.15, -0.1) is 0 Å². The summed E-state index contributed by atoms with van der Waals surface area (Å²) in [5.41, 5.74) is 6.46. The Hall–Kier alpha value is -3.12. The number of hydrogen-bond acceptors (Lipinski definition) is 3. The molecule has 0 aliphatic rings. The first-order valence-electron chi connectivity index (χ1n) is 6.99. The number of benzene rings is 2. The summed E-state index contributed by atoms with van der Waals surface area (Å²) in [6.45, 7) is -0.0519. The van der Waals surface area contributed by atoms with Crippen molar-refractivity contribution in [3.63, 3.8) is 0 Å². The molecule has 0 radical (unpaired) electrons. The van der Waals surface area contributed by atoms with Gasteiger partial charge >= 0.3 is 6.03 Å². The van der Waals surface area contributed by atoms with Crippen molar-refractivity contribution in [1.82, 2.24) is 10.9 Å². The van der Waals surface area contributed by atoms with Gasteiger partial charge in [0, 0.05) is 11.3 Å². The van der Waals surface area contributed by atoms with E-state index in [9.17, 15) is 9.59 Å². The molecule has 118 valence electrons. The minimum absolute atomic E-state index is 0.0519. The molecule has 3 amide bonds. The van der Waals surface area contributed by atoms with Crippen LogP contribution in [0.2, 0.25) is 0 Å². The lowest BCUT2D eigenvalue weighted by atomic mass is 10.2. The zero-order chi connectivity index (χ0) is 16.5. The van der Waals surface area contributed by atoms with E-state index in [0.717, 1.165) is 5.56 Å². The number of aliphatic hydroxyl groups is 1. The number of nitrogens with one attached hydrogen (secondary N) is 3. The molecule has 0 unspecified atom stereocenters. The highest BCUT2D eigenvalue weighted by atomic mass is 16.2. The molecule has 23 heavy (non-hydrogen) atoms. The molecular weight excluding hydrogens is 294 g/mol. The third-order valence-electron chi connectivity index (χ3n) is 2.89. The predicted molar refractivity (Wildman–Crippen MR) is 88.6 cm³/mol. The average molecular weight is 311 g/mol. The molecule has 6 heteroatoms. The van der Waals surface area contributed by atoms with Gasteiger partial charge in [-0.05, 0) is 29.8 Å². The Kier molecular flexibility index (Phi) is 5.90. The van der Waals surface area contributed by atoms with Crippen LogP contribution in [0.3, 0.4) is 0 Å². The van der Waals surface area contributed by atoms with Crippen molar-refractivity contribution < 1.29 is 14.7 Å². The quantitative estimate of drug-likeness (QED) is 0.652. The van der Waals surface area contributed by atoms with Gasteiger partial charge in [-0.3, -0.25) is 10.2 Å². The maximum Gasteiger partial charge on any atom is 0.337 e. The fraction of sp³-hybridized carbons (Fsp3) is 0.0588. The van der Waals surface area contributed by atoms with E-state index in [1.165, 1.54) is 0 Å². The number of carbonyl (C=O) groups excluding carboxylic acids is 2. The summed E-state index contributed by atoms with van der Waals surface area (Å²) in [4.78, 5) is 23.6. The van der Waals surface area contributed by atoms with E-state index in [-0.39, 0.29) is 6.61 Å². The van der Waals surface area contributed by atoms with Crippen LogP contribution in [0.1, 0.15) is 15.9 Å². The van der Waals surface area contributed by atoms with Crippen LogP contribution in [-0.4, -0.2) is 23.7 Å². The maximum atomic E-state index is 11.8. The van der Waals surface area contributed by atoms with Crippen molar-refractivity contribution in [3.05, 3.63) is 71.8 Å². The zero-order valence-electron chi connectivity index (χ0n) is 12.3. The van der Waals surface area contributed by atoms with Crippen molar-refractivity contribution >= 4 is 23.7 Å². The first-order chi connectivity index (χ1) is 11.2. The maximum absolute atomic E-state index is 11.8. The molecule has 0 aliphatic heterocycles. The van der Waals surface area contributed by atoms with Crippen molar-refractivity contribution in [2.45, 2.75) is 0 Å². The van der Waals surface area contributed by atoms with Gasteiger partial charge in [0.05, 0.1) is 6.61 Å². The van der Waals surface area contributed by atoms with Crippen LogP contribution in [-0.2, 0) is 0 Å². The highest BCUT2D eigenvalue weighted by molar-refractivity contribution is 5.97. The molecule has 0 heterocycles. The Labute approximate surface area is 133 Å². The molecule has 2 rings (SSSR count). The van der Waals surface area contributed by atoms with Crippen LogP contribution in [0.5, 0.6) is 0 Å². The number of urea groups is 1. The smallest absolute Gasteiger partial charge is 0.337 e. The van der Waals surface area contributed by atoms with Gasteiger partial charge in [-0.25, -0.2) is 10.2 Å². The molecule has 0 saturated heterocycles. The molecule has 0 aromatic heterocycles. The number of hydrogen-bond donors (Lipinski definition) is 4. The van der Waals surface area contributed by atoms with Gasteiger partial charge in [0.1, 0.15) is 0 Å². The first-order valence-corrected chi connectivity index (χ1v) is 6.99. The minimum Gasteiger partial charge on any atom is -0.392 e. The SMILES string of the molecule is O=C(NNC(=O)c1ccccc1)Nc1cccc(C=CCO)c1. The lowest BCUT2D eigenvalue weighted by Gasteiger charge is -2.09. The molecule has 0 spiro atoms. The Balaban J connectivity index is 1.87. The fourth-order valence-corrected chi connectivity index (χ4v) is 1.85. The molecule has 0 saturated carbocycles. The molecule has 6 nitrogen and oxygen atoms in total. The van der Waals surface area contributed by atoms with Crippen molar-refractivity contribution in [3.8, 4) is 0 Å². The summed E-state index contributed by atoms with van der Waals surface area (Å²) in [6.07, 6.45) is 3.33. The second kappa shape index (κ2) is 8.35. The van der Waals surface area contributed by atoms with E-state index in [1.54, 1.807) is 60.7 Å². The zero-order valence-corrected chi connectivity index (χ0v) is 12.3. The van der Waals surface area contributed by atoms with E-state index < -0.39 is 11.9 Å². The van der Waals surface area contributed by atoms with Crippen LogP contribution < -0.4 is 16.2 Å². The van der Waals surface area contributed by atoms with Crippen LogP contribution in [0, 0.1) is 0 Å². The molecule has 0 fully saturated rings. The first kappa shape index (κ1) is 16.3. The lowest BCUT2D eigenvalue weighted by Crippen LogP contribution is -2.43. The third-order valence-corrected chi connectivity index (χ3v) is 2.89. The topological polar surface area (TPSA) is 90.5 Å². The number of amides is 3. The van der Waals surface area contributed by atoms with E-state index >= 15 is 0 Å². The molecular formula is C17H17N3O3. The van der Waals surface area contributed by atoms with E-state index in [2.05, 4.69) is 16.2 Å². The number of aliphatic hydroxyl groups excluding tert-OH is 1. The second-order valence-corrected chi connectivity index (χ2v) is 4.61. The number of anilines is 1. The molecule has 4 N–H and O–H groups in total. The van der Waals surface area contributed by atoms with E-state index in [1.807, 2.05) is 6.07 Å². The van der Waals surface area contributed by atoms with Gasteiger partial charge in [0.25, 0.3) is 5.91 Å². The molecule has 0 bridgehead atoms. The third kappa shape index (κ3) is 5.29. The van der Waals surface area contributed by atoms with Crippen molar-refractivity contribution in [2.75, 3.05) is 11.9 Å². The van der Waals surface area contributed by atoms with Crippen molar-refractivity contribution in [2.24, 2.45) is 0 Å². The summed E-state index contributed by atoms with van der Waals surface area (Å²) in [5.74, 6) is -0.402. The average Bonchev–Trinajstić information content (AvgIpc) is 2.59. The number of rotatable bonds is 4. The Bertz CT molecular complexity index is 699. The normalized spacial score (nSPS) is 10.3. The lowest BCUT2D eigenvalue weighted by molar-refractivity contribution is 0.0938. The summed E-state index contributed by atoms with van der Waals surface area (Å²) in [5, 5.41) is 11.4. The van der Waals surface area contributed by atoms with Gasteiger partial charge in [0.2, 0.25) is 0 Å². The molecule has 0 atom stereocenters. The predicted octanol–water partition coefficient (Wildman–Crippen LogP) is 2.16. The molecule has 0 aliphatic carbocycles. The Morgan fingerprint density at radius 2 is 1.78 bits per heavy atom. The largest absolute Gasteiger partial charge is 0.392 e. The second-order valence-electron chi connectivity index (χ2n) is 4.61. The highest BCUT2D eigenvalue weighted by Gasteiger charge is 2.06. The standard InChI is InChI=1S/C17H17N3O3/c21-11-5-7-13-6-4-10-15(12-13)18-17(23)20-19-16(22)14-8-2-1-3-9-14/h1-10,12,21H,11H2,(H,19,22)(H2,18,20,23). The van der Waals surface area contributed by atoms with E-state index in [4.69, 9.17) is 5.11 Å². The van der Waals surface area contributed by atoms with Crippen LogP contribution in [0.25, 0.3) is 6.08 Å². The van der Waals surface area contributed by atoms with Crippen LogP contribution in [0.15, 0.2) is 60.7 Å². The molecule has 2 aromatic rings. The summed E-state index contributed by atoms with van der Waals surface area (Å²) in [7, 11) is 0. The summed E-state index contributed by atoms with van der Waals surface area (Å²) in [6, 6.07) is 15.1. The van der Waals surface area contributed by atoms with Gasteiger partial charge in [0.15, 0.2) is 0 Å². The number of carbonyl (C=O) groups is 2. The summed E-state index contributed by atoms with van der Waals surface area (Å²) < 4.78 is 0. The minimum atomic E-state index is -0.558. The highest BCUT2D eigenvalue weighted by Crippen LogP contribution is 2.11. The van der Waals surface area contributed by atoms with Crippen LogP contribution >= 0.6 is 0 Å². The summed E-state index contributed by atoms with van der Waals surface area (Å²) >= 11 is 0. The Morgan fingerprint density at radius 1 is 1.00 bits per heavy atom. The monoisotopic (exact) mass is 311 g/mol. The van der Waals surface area contributed by atoms with Crippen LogP contribution in [0.4, 0.5) is 10.5 Å². The van der Waals surface area contributed by atoms with E-state index in [0.29, 0.717) is 11.3 Å². The van der Waals surface area contributed by atoms with Gasteiger partial charge in [-0.1, -0.05) is 42.5 Å². The van der Waals surface area contributed by atoms with Gasteiger partial charge in [-0.2, -0.15) is 0 Å². The van der Waals surface area contributed by atoms with Gasteiger partial charge < -0.3 is 10.4 Å². The Morgan fingerprint density at radius 3 is 2.52 bits per heavy atom.